The van der Waals surface area contributed by atoms with Crippen LogP contribution in [0.4, 0.5) is 0 Å². The molecule has 1 aliphatic rings. The molecule has 1 aliphatic carbocycles. The van der Waals surface area contributed by atoms with Crippen LogP contribution in [0.15, 0.2) is 11.4 Å². The summed E-state index contributed by atoms with van der Waals surface area (Å²) in [6.07, 6.45) is 7.03. The third-order valence-electron chi connectivity index (χ3n) is 4.29. The maximum Gasteiger partial charge on any atom is 0.0109 e. The Hall–Kier alpha value is -0.340. The van der Waals surface area contributed by atoms with Gasteiger partial charge in [-0.2, -0.15) is 0 Å². The van der Waals surface area contributed by atoms with E-state index < -0.39 is 0 Å². The van der Waals surface area contributed by atoms with Crippen LogP contribution in [0.1, 0.15) is 69.2 Å². The largest absolute Gasteiger partial charge is 0.312 e. The van der Waals surface area contributed by atoms with Gasteiger partial charge in [-0.15, -0.1) is 11.3 Å². The van der Waals surface area contributed by atoms with Crippen LogP contribution in [0.3, 0.4) is 0 Å². The Labute approximate surface area is 122 Å². The fraction of sp³-hybridized carbons (Fsp3) is 0.765. The molecule has 0 aromatic carbocycles. The molecule has 1 aromatic rings. The number of rotatable bonds is 3. The van der Waals surface area contributed by atoms with E-state index in [1.54, 1.807) is 4.88 Å². The first-order valence-corrected chi connectivity index (χ1v) is 8.64. The van der Waals surface area contributed by atoms with Crippen LogP contribution in [-0.2, 0) is 0 Å². The van der Waals surface area contributed by atoms with Gasteiger partial charge in [0, 0.05) is 10.4 Å². The van der Waals surface area contributed by atoms with Crippen molar-refractivity contribution in [3.8, 4) is 0 Å². The van der Waals surface area contributed by atoms with Crippen molar-refractivity contribution in [1.29, 1.82) is 0 Å². The van der Waals surface area contributed by atoms with E-state index in [4.69, 9.17) is 0 Å². The number of hydrogen-bond acceptors (Lipinski definition) is 2. The minimum Gasteiger partial charge on any atom is -0.312 e. The van der Waals surface area contributed by atoms with E-state index in [0.29, 0.717) is 0 Å². The summed E-state index contributed by atoms with van der Waals surface area (Å²) in [4.78, 5) is 1.66. The van der Waals surface area contributed by atoms with Crippen molar-refractivity contribution in [2.24, 2.45) is 5.92 Å². The topological polar surface area (TPSA) is 12.0 Å². The zero-order chi connectivity index (χ0) is 13.9. The third-order valence-corrected chi connectivity index (χ3v) is 5.44. The standard InChI is InChI=1S/C17H29NS/c1-13-10-11-19-16(13)15-9-7-5-6-8-14(15)12-18-17(2,3)4/h10-11,14-15,18H,5-9,12H2,1-4H3. The van der Waals surface area contributed by atoms with Gasteiger partial charge in [0.05, 0.1) is 0 Å². The summed E-state index contributed by atoms with van der Waals surface area (Å²) >= 11 is 1.97. The lowest BCUT2D eigenvalue weighted by Crippen LogP contribution is -2.40. The molecule has 2 atom stereocenters. The van der Waals surface area contributed by atoms with E-state index in [0.717, 1.165) is 11.8 Å². The molecule has 0 amide bonds. The minimum atomic E-state index is 0.237. The lowest BCUT2D eigenvalue weighted by molar-refractivity contribution is 0.324. The predicted octanol–water partition coefficient (Wildman–Crippen LogP) is 5.11. The molecule has 1 N–H and O–H groups in total. The maximum absolute atomic E-state index is 3.74. The molecule has 0 spiro atoms. The lowest BCUT2D eigenvalue weighted by atomic mass is 9.85. The first-order chi connectivity index (χ1) is 8.97. The normalized spacial score (nSPS) is 25.3. The van der Waals surface area contributed by atoms with Crippen LogP contribution in [0, 0.1) is 12.8 Å². The molecule has 0 saturated heterocycles. The Morgan fingerprint density at radius 3 is 2.58 bits per heavy atom. The zero-order valence-electron chi connectivity index (χ0n) is 13.0. The van der Waals surface area contributed by atoms with Crippen LogP contribution in [0.25, 0.3) is 0 Å². The van der Waals surface area contributed by atoms with Gasteiger partial charge < -0.3 is 5.32 Å². The van der Waals surface area contributed by atoms with Crippen molar-refractivity contribution < 1.29 is 0 Å². The van der Waals surface area contributed by atoms with Gasteiger partial charge in [0.25, 0.3) is 0 Å². The number of nitrogens with one attached hydrogen (secondary N) is 1. The Bertz CT molecular complexity index is 388. The lowest BCUT2D eigenvalue weighted by Gasteiger charge is -2.29. The molecule has 0 aliphatic heterocycles. The molecule has 2 unspecified atom stereocenters. The van der Waals surface area contributed by atoms with Crippen molar-refractivity contribution in [2.45, 2.75) is 71.3 Å². The molecule has 0 bridgehead atoms. The van der Waals surface area contributed by atoms with E-state index in [9.17, 15) is 0 Å². The molecule has 1 aromatic heterocycles. The Balaban J connectivity index is 2.10. The molecule has 2 rings (SSSR count). The second kappa shape index (κ2) is 6.41. The highest BCUT2D eigenvalue weighted by Gasteiger charge is 2.27. The van der Waals surface area contributed by atoms with E-state index in [-0.39, 0.29) is 5.54 Å². The van der Waals surface area contributed by atoms with Crippen molar-refractivity contribution in [3.63, 3.8) is 0 Å². The summed E-state index contributed by atoms with van der Waals surface area (Å²) in [5.74, 6) is 1.61. The highest BCUT2D eigenvalue weighted by atomic mass is 32.1. The summed E-state index contributed by atoms with van der Waals surface area (Å²) < 4.78 is 0. The number of hydrogen-bond donors (Lipinski definition) is 1. The highest BCUT2D eigenvalue weighted by molar-refractivity contribution is 7.10. The van der Waals surface area contributed by atoms with Crippen LogP contribution in [0.2, 0.25) is 0 Å². The summed E-state index contributed by atoms with van der Waals surface area (Å²) in [6, 6.07) is 2.29. The Morgan fingerprint density at radius 2 is 1.95 bits per heavy atom. The van der Waals surface area contributed by atoms with Crippen LogP contribution < -0.4 is 5.32 Å². The summed E-state index contributed by atoms with van der Waals surface area (Å²) in [5, 5.41) is 6.00. The number of aryl methyl sites for hydroxylation is 1. The van der Waals surface area contributed by atoms with Gasteiger partial charge in [0.1, 0.15) is 0 Å². The third kappa shape index (κ3) is 4.32. The average Bonchev–Trinajstić information content (AvgIpc) is 2.62. The summed E-state index contributed by atoms with van der Waals surface area (Å²) in [5.41, 5.74) is 1.75. The predicted molar refractivity (Wildman–Crippen MR) is 86.1 cm³/mol. The van der Waals surface area contributed by atoms with Crippen molar-refractivity contribution in [1.82, 2.24) is 5.32 Å². The van der Waals surface area contributed by atoms with Gasteiger partial charge in [-0.25, -0.2) is 0 Å². The van der Waals surface area contributed by atoms with Crippen molar-refractivity contribution in [3.05, 3.63) is 21.9 Å². The molecule has 1 nitrogen and oxygen atoms in total. The quantitative estimate of drug-likeness (QED) is 0.758. The van der Waals surface area contributed by atoms with E-state index in [1.165, 1.54) is 44.2 Å². The second-order valence-electron chi connectivity index (χ2n) is 7.10. The fourth-order valence-electron chi connectivity index (χ4n) is 3.18. The van der Waals surface area contributed by atoms with Crippen LogP contribution in [-0.4, -0.2) is 12.1 Å². The van der Waals surface area contributed by atoms with Crippen molar-refractivity contribution >= 4 is 11.3 Å². The molecular formula is C17H29NS. The average molecular weight is 279 g/mol. The molecule has 1 fully saturated rings. The minimum absolute atomic E-state index is 0.237. The van der Waals surface area contributed by atoms with Gasteiger partial charge in [0.2, 0.25) is 0 Å². The first-order valence-electron chi connectivity index (χ1n) is 7.76. The monoisotopic (exact) mass is 279 g/mol. The zero-order valence-corrected chi connectivity index (χ0v) is 13.8. The molecule has 0 radical (unpaired) electrons. The van der Waals surface area contributed by atoms with Crippen molar-refractivity contribution in [2.75, 3.05) is 6.54 Å². The van der Waals surface area contributed by atoms with Gasteiger partial charge in [0.15, 0.2) is 0 Å². The maximum atomic E-state index is 3.74. The molecule has 2 heteroatoms. The van der Waals surface area contributed by atoms with Crippen LogP contribution >= 0.6 is 11.3 Å². The molecule has 1 heterocycles. The van der Waals surface area contributed by atoms with Gasteiger partial charge in [-0.1, -0.05) is 19.3 Å². The Morgan fingerprint density at radius 1 is 1.21 bits per heavy atom. The number of thiophene rings is 1. The van der Waals surface area contributed by atoms with Gasteiger partial charge >= 0.3 is 0 Å². The van der Waals surface area contributed by atoms with Gasteiger partial charge in [-0.3, -0.25) is 0 Å². The molecule has 108 valence electrons. The molecule has 1 saturated carbocycles. The van der Waals surface area contributed by atoms with E-state index >= 15 is 0 Å². The molecular weight excluding hydrogens is 250 g/mol. The first kappa shape index (κ1) is 15.1. The second-order valence-corrected chi connectivity index (χ2v) is 8.05. The smallest absolute Gasteiger partial charge is 0.0109 e. The fourth-order valence-corrected chi connectivity index (χ4v) is 4.33. The highest BCUT2D eigenvalue weighted by Crippen LogP contribution is 2.40. The van der Waals surface area contributed by atoms with E-state index in [2.05, 4.69) is 44.5 Å². The molecule has 19 heavy (non-hydrogen) atoms. The summed E-state index contributed by atoms with van der Waals surface area (Å²) in [7, 11) is 0. The SMILES string of the molecule is Cc1ccsc1C1CCCCCC1CNC(C)(C)C. The Kier molecular flexibility index (Phi) is 5.08. The van der Waals surface area contributed by atoms with Gasteiger partial charge in [-0.05, 0) is 75.9 Å². The summed E-state index contributed by atoms with van der Waals surface area (Å²) in [6.45, 7) is 10.3. The van der Waals surface area contributed by atoms with E-state index in [1.807, 2.05) is 11.3 Å². The van der Waals surface area contributed by atoms with Crippen LogP contribution in [0.5, 0.6) is 0 Å².